The van der Waals surface area contributed by atoms with E-state index in [0.29, 0.717) is 5.92 Å². The Labute approximate surface area is 82.4 Å². The van der Waals surface area contributed by atoms with Crippen molar-refractivity contribution in [3.05, 3.63) is 0 Å². The van der Waals surface area contributed by atoms with E-state index in [9.17, 15) is 9.59 Å². The van der Waals surface area contributed by atoms with Gasteiger partial charge in [-0.1, -0.05) is 6.42 Å². The Hall–Kier alpha value is -1.10. The lowest BCUT2D eigenvalue weighted by molar-refractivity contribution is -0.139. The van der Waals surface area contributed by atoms with Crippen LogP contribution in [0.4, 0.5) is 0 Å². The summed E-state index contributed by atoms with van der Waals surface area (Å²) in [4.78, 5) is 22.1. The summed E-state index contributed by atoms with van der Waals surface area (Å²) < 4.78 is 0. The fraction of sp³-hybridized carbons (Fsp3) is 0.778. The standard InChI is InChI=1S/C9H15N3O2/c10-12-9(14)8(13)11-7-4-5-1-2-6(7)3-5/h5-7H,1-4,10H2,(H,11,13)(H,12,14). The highest BCUT2D eigenvalue weighted by atomic mass is 16.2. The summed E-state index contributed by atoms with van der Waals surface area (Å²) in [5.74, 6) is 4.83. The Kier molecular flexibility index (Phi) is 2.41. The van der Waals surface area contributed by atoms with Gasteiger partial charge in [0.25, 0.3) is 0 Å². The molecule has 2 amide bonds. The number of carbonyl (C=O) groups excluding carboxylic acids is 2. The zero-order valence-electron chi connectivity index (χ0n) is 7.95. The minimum atomic E-state index is -0.757. The molecule has 0 heterocycles. The highest BCUT2D eigenvalue weighted by molar-refractivity contribution is 6.34. The van der Waals surface area contributed by atoms with E-state index in [-0.39, 0.29) is 6.04 Å². The van der Waals surface area contributed by atoms with Crippen molar-refractivity contribution in [3.63, 3.8) is 0 Å². The van der Waals surface area contributed by atoms with Crippen molar-refractivity contribution in [1.29, 1.82) is 0 Å². The number of nitrogens with one attached hydrogen (secondary N) is 2. The molecule has 0 saturated heterocycles. The van der Waals surface area contributed by atoms with Crippen LogP contribution in [-0.2, 0) is 9.59 Å². The van der Waals surface area contributed by atoms with E-state index in [1.807, 2.05) is 5.43 Å². The van der Waals surface area contributed by atoms with Crippen molar-refractivity contribution in [2.75, 3.05) is 0 Å². The zero-order valence-corrected chi connectivity index (χ0v) is 7.95. The van der Waals surface area contributed by atoms with E-state index in [4.69, 9.17) is 5.84 Å². The molecular weight excluding hydrogens is 182 g/mol. The van der Waals surface area contributed by atoms with Gasteiger partial charge in [0.15, 0.2) is 0 Å². The molecule has 0 aromatic carbocycles. The molecule has 4 N–H and O–H groups in total. The number of carbonyl (C=O) groups is 2. The molecule has 5 nitrogen and oxygen atoms in total. The first kappa shape index (κ1) is 9.45. The van der Waals surface area contributed by atoms with Crippen LogP contribution in [0.2, 0.25) is 0 Å². The molecule has 0 radical (unpaired) electrons. The van der Waals surface area contributed by atoms with Crippen LogP contribution < -0.4 is 16.6 Å². The van der Waals surface area contributed by atoms with Crippen LogP contribution >= 0.6 is 0 Å². The topological polar surface area (TPSA) is 84.2 Å². The lowest BCUT2D eigenvalue weighted by atomic mass is 9.95. The Balaban J connectivity index is 1.87. The number of nitrogens with two attached hydrogens (primary N) is 1. The fourth-order valence-electron chi connectivity index (χ4n) is 2.72. The van der Waals surface area contributed by atoms with Crippen LogP contribution in [-0.4, -0.2) is 17.9 Å². The first-order valence-corrected chi connectivity index (χ1v) is 5.02. The van der Waals surface area contributed by atoms with E-state index < -0.39 is 11.8 Å². The summed E-state index contributed by atoms with van der Waals surface area (Å²) in [5, 5.41) is 2.73. The van der Waals surface area contributed by atoms with Gasteiger partial charge >= 0.3 is 11.8 Å². The van der Waals surface area contributed by atoms with Gasteiger partial charge in [-0.25, -0.2) is 5.84 Å². The molecule has 2 saturated carbocycles. The SMILES string of the molecule is NNC(=O)C(=O)NC1CC2CCC1C2. The van der Waals surface area contributed by atoms with Crippen molar-refractivity contribution in [3.8, 4) is 0 Å². The summed E-state index contributed by atoms with van der Waals surface area (Å²) in [6, 6.07) is 0.193. The molecule has 0 aromatic heterocycles. The van der Waals surface area contributed by atoms with Crippen LogP contribution in [0.25, 0.3) is 0 Å². The molecular formula is C9H15N3O2. The third-order valence-corrected chi connectivity index (χ3v) is 3.39. The molecule has 2 aliphatic carbocycles. The lowest BCUT2D eigenvalue weighted by Gasteiger charge is -2.22. The number of hydrogen-bond donors (Lipinski definition) is 3. The molecule has 0 aliphatic heterocycles. The van der Waals surface area contributed by atoms with Crippen LogP contribution in [0.3, 0.4) is 0 Å². The minimum absolute atomic E-state index is 0.193. The number of fused-ring (bicyclic) bond motifs is 2. The lowest BCUT2D eigenvalue weighted by Crippen LogP contribution is -2.48. The van der Waals surface area contributed by atoms with E-state index in [2.05, 4.69) is 5.32 Å². The van der Waals surface area contributed by atoms with Gasteiger partial charge < -0.3 is 5.32 Å². The molecule has 5 heteroatoms. The van der Waals surface area contributed by atoms with Gasteiger partial charge in [-0.05, 0) is 31.1 Å². The number of hydrazine groups is 1. The van der Waals surface area contributed by atoms with E-state index in [1.54, 1.807) is 0 Å². The second-order valence-electron chi connectivity index (χ2n) is 4.23. The predicted molar refractivity (Wildman–Crippen MR) is 49.7 cm³/mol. The largest absolute Gasteiger partial charge is 0.345 e. The maximum Gasteiger partial charge on any atom is 0.323 e. The Morgan fingerprint density at radius 1 is 1.14 bits per heavy atom. The molecule has 3 unspecified atom stereocenters. The monoisotopic (exact) mass is 197 g/mol. The summed E-state index contributed by atoms with van der Waals surface area (Å²) in [6.07, 6.45) is 4.68. The van der Waals surface area contributed by atoms with Crippen LogP contribution in [0, 0.1) is 11.8 Å². The normalized spacial score (nSPS) is 34.2. The van der Waals surface area contributed by atoms with Crippen molar-refractivity contribution in [1.82, 2.24) is 10.7 Å². The van der Waals surface area contributed by atoms with Crippen molar-refractivity contribution in [2.45, 2.75) is 31.7 Å². The summed E-state index contributed by atoms with van der Waals surface area (Å²) in [7, 11) is 0. The fourth-order valence-corrected chi connectivity index (χ4v) is 2.72. The highest BCUT2D eigenvalue weighted by Gasteiger charge is 2.40. The number of rotatable bonds is 1. The first-order chi connectivity index (χ1) is 6.70. The smallest absolute Gasteiger partial charge is 0.323 e. The molecule has 2 aliphatic rings. The number of hydrogen-bond acceptors (Lipinski definition) is 3. The van der Waals surface area contributed by atoms with Crippen molar-refractivity contribution >= 4 is 11.8 Å². The summed E-state index contributed by atoms with van der Waals surface area (Å²) in [5.41, 5.74) is 1.83. The molecule has 0 spiro atoms. The zero-order chi connectivity index (χ0) is 10.1. The first-order valence-electron chi connectivity index (χ1n) is 5.02. The van der Waals surface area contributed by atoms with E-state index in [0.717, 1.165) is 12.3 Å². The second kappa shape index (κ2) is 3.57. The van der Waals surface area contributed by atoms with Gasteiger partial charge in [0.1, 0.15) is 0 Å². The third-order valence-electron chi connectivity index (χ3n) is 3.39. The molecule has 2 rings (SSSR count). The minimum Gasteiger partial charge on any atom is -0.345 e. The maximum atomic E-state index is 11.2. The molecule has 2 fully saturated rings. The Morgan fingerprint density at radius 3 is 2.43 bits per heavy atom. The van der Waals surface area contributed by atoms with Gasteiger partial charge in [0.2, 0.25) is 0 Å². The Bertz CT molecular complexity index is 267. The van der Waals surface area contributed by atoms with Gasteiger partial charge in [0.05, 0.1) is 0 Å². The summed E-state index contributed by atoms with van der Waals surface area (Å²) in [6.45, 7) is 0. The quantitative estimate of drug-likeness (QED) is 0.224. The van der Waals surface area contributed by atoms with E-state index >= 15 is 0 Å². The van der Waals surface area contributed by atoms with Crippen molar-refractivity contribution < 1.29 is 9.59 Å². The molecule has 2 bridgehead atoms. The average molecular weight is 197 g/mol. The van der Waals surface area contributed by atoms with Gasteiger partial charge in [-0.2, -0.15) is 0 Å². The van der Waals surface area contributed by atoms with Gasteiger partial charge in [-0.15, -0.1) is 0 Å². The molecule has 14 heavy (non-hydrogen) atoms. The Morgan fingerprint density at radius 2 is 1.93 bits per heavy atom. The van der Waals surface area contributed by atoms with Crippen molar-refractivity contribution in [2.24, 2.45) is 17.7 Å². The van der Waals surface area contributed by atoms with Gasteiger partial charge in [0, 0.05) is 6.04 Å². The average Bonchev–Trinajstić information content (AvgIpc) is 2.77. The maximum absolute atomic E-state index is 11.2. The van der Waals surface area contributed by atoms with Crippen LogP contribution in [0.1, 0.15) is 25.7 Å². The highest BCUT2D eigenvalue weighted by Crippen LogP contribution is 2.44. The molecule has 3 atom stereocenters. The summed E-state index contributed by atoms with van der Waals surface area (Å²) >= 11 is 0. The van der Waals surface area contributed by atoms with Crippen LogP contribution in [0.5, 0.6) is 0 Å². The number of amides is 2. The van der Waals surface area contributed by atoms with Gasteiger partial charge in [-0.3, -0.25) is 15.0 Å². The molecule has 0 aromatic rings. The van der Waals surface area contributed by atoms with E-state index in [1.165, 1.54) is 19.3 Å². The molecule has 78 valence electrons. The third kappa shape index (κ3) is 1.59. The van der Waals surface area contributed by atoms with Crippen LogP contribution in [0.15, 0.2) is 0 Å². The predicted octanol–water partition coefficient (Wildman–Crippen LogP) is -0.719. The second-order valence-corrected chi connectivity index (χ2v) is 4.23.